The number of nitrogens with one attached hydrogen (secondary N) is 1. The first-order valence-electron chi connectivity index (χ1n) is 6.91. The molecule has 0 heterocycles. The van der Waals surface area contributed by atoms with Crippen LogP contribution in [0.5, 0.6) is 0 Å². The molecular weight excluding hydrogens is 283 g/mol. The molecule has 3 nitrogen and oxygen atoms in total. The van der Waals surface area contributed by atoms with Gasteiger partial charge < -0.3 is 10.1 Å². The van der Waals surface area contributed by atoms with Crippen molar-refractivity contribution in [3.8, 4) is 0 Å². The number of benzene rings is 1. The van der Waals surface area contributed by atoms with E-state index in [1.807, 2.05) is 0 Å². The fraction of sp³-hybridized carbons (Fsp3) is 0.533. The molecule has 0 saturated heterocycles. The van der Waals surface area contributed by atoms with Crippen molar-refractivity contribution in [3.63, 3.8) is 0 Å². The summed E-state index contributed by atoms with van der Waals surface area (Å²) in [5, 5.41) is 3.00. The summed E-state index contributed by atoms with van der Waals surface area (Å²) in [7, 11) is 0. The molecule has 118 valence electrons. The smallest absolute Gasteiger partial charge is 0.416 e. The molecule has 0 aliphatic carbocycles. The number of ether oxygens (including phenoxy) is 1. The van der Waals surface area contributed by atoms with E-state index in [0.29, 0.717) is 19.6 Å². The average Bonchev–Trinajstić information content (AvgIpc) is 2.43. The first-order chi connectivity index (χ1) is 9.86. The molecule has 0 spiro atoms. The molecule has 1 rings (SSSR count). The van der Waals surface area contributed by atoms with Gasteiger partial charge in [-0.05, 0) is 38.4 Å². The Balaban J connectivity index is 2.53. The van der Waals surface area contributed by atoms with Crippen LogP contribution >= 0.6 is 0 Å². The van der Waals surface area contributed by atoms with Crippen molar-refractivity contribution in [3.05, 3.63) is 35.4 Å². The van der Waals surface area contributed by atoms with E-state index in [0.717, 1.165) is 6.07 Å². The number of esters is 1. The largest absolute Gasteiger partial charge is 0.466 e. The number of hydrogen-bond donors (Lipinski definition) is 1. The Morgan fingerprint density at radius 3 is 2.62 bits per heavy atom. The van der Waals surface area contributed by atoms with Crippen LogP contribution in [0, 0.1) is 0 Å². The molecule has 6 heteroatoms. The molecule has 0 fully saturated rings. The topological polar surface area (TPSA) is 38.3 Å². The van der Waals surface area contributed by atoms with Crippen LogP contribution in [0.15, 0.2) is 24.3 Å². The zero-order chi connectivity index (χ0) is 15.9. The lowest BCUT2D eigenvalue weighted by Gasteiger charge is -2.19. The predicted octanol–water partition coefficient (Wildman–Crippen LogP) is 3.70. The maximum absolute atomic E-state index is 12.9. The van der Waals surface area contributed by atoms with Crippen LogP contribution in [0.1, 0.15) is 43.9 Å². The minimum absolute atomic E-state index is 0.209. The average molecular weight is 303 g/mol. The van der Waals surface area contributed by atoms with Gasteiger partial charge in [0, 0.05) is 12.5 Å². The Bertz CT molecular complexity index is 460. The summed E-state index contributed by atoms with van der Waals surface area (Å²) >= 11 is 0. The molecule has 1 unspecified atom stereocenters. The van der Waals surface area contributed by atoms with E-state index < -0.39 is 17.8 Å². The van der Waals surface area contributed by atoms with Gasteiger partial charge in [0.1, 0.15) is 0 Å². The van der Waals surface area contributed by atoms with Gasteiger partial charge in [-0.15, -0.1) is 0 Å². The fourth-order valence-corrected chi connectivity index (χ4v) is 2.03. The van der Waals surface area contributed by atoms with Crippen LogP contribution in [0.3, 0.4) is 0 Å². The maximum atomic E-state index is 12.9. The highest BCUT2D eigenvalue weighted by molar-refractivity contribution is 5.69. The van der Waals surface area contributed by atoms with Crippen molar-refractivity contribution in [2.75, 3.05) is 13.2 Å². The van der Waals surface area contributed by atoms with Crippen LogP contribution in [-0.2, 0) is 15.7 Å². The Morgan fingerprint density at radius 2 is 2.00 bits per heavy atom. The van der Waals surface area contributed by atoms with E-state index >= 15 is 0 Å². The Morgan fingerprint density at radius 1 is 1.33 bits per heavy atom. The minimum atomic E-state index is -4.36. The quantitative estimate of drug-likeness (QED) is 0.616. The highest BCUT2D eigenvalue weighted by atomic mass is 19.4. The van der Waals surface area contributed by atoms with Crippen molar-refractivity contribution < 1.29 is 22.7 Å². The number of rotatable bonds is 7. The molecule has 0 bridgehead atoms. The molecule has 1 aromatic rings. The molecule has 1 N–H and O–H groups in total. The molecule has 0 radical (unpaired) electrons. The third kappa shape index (κ3) is 5.75. The van der Waals surface area contributed by atoms with Crippen molar-refractivity contribution in [1.29, 1.82) is 0 Å². The maximum Gasteiger partial charge on any atom is 0.416 e. The predicted molar refractivity (Wildman–Crippen MR) is 73.7 cm³/mol. The van der Waals surface area contributed by atoms with E-state index in [1.54, 1.807) is 19.9 Å². The van der Waals surface area contributed by atoms with Crippen molar-refractivity contribution in [2.45, 2.75) is 38.9 Å². The third-order valence-corrected chi connectivity index (χ3v) is 3.05. The highest BCUT2D eigenvalue weighted by Gasteiger charge is 2.33. The lowest BCUT2D eigenvalue weighted by molar-refractivity contribution is -0.143. The Hall–Kier alpha value is -1.56. The normalized spacial score (nSPS) is 13.0. The Labute approximate surface area is 122 Å². The summed E-state index contributed by atoms with van der Waals surface area (Å²) in [6.07, 6.45) is -3.58. The molecule has 0 amide bonds. The number of halogens is 3. The van der Waals surface area contributed by atoms with Crippen LogP contribution < -0.4 is 5.32 Å². The number of carbonyl (C=O) groups is 1. The molecular formula is C15H20F3NO2. The van der Waals surface area contributed by atoms with E-state index in [1.165, 1.54) is 12.1 Å². The lowest BCUT2D eigenvalue weighted by atomic mass is 10.0. The zero-order valence-corrected chi connectivity index (χ0v) is 12.2. The summed E-state index contributed by atoms with van der Waals surface area (Å²) < 4.78 is 43.5. The molecule has 21 heavy (non-hydrogen) atoms. The van der Waals surface area contributed by atoms with E-state index in [9.17, 15) is 18.0 Å². The van der Waals surface area contributed by atoms with Gasteiger partial charge in [-0.3, -0.25) is 4.79 Å². The van der Waals surface area contributed by atoms with Crippen LogP contribution in [0.25, 0.3) is 0 Å². The third-order valence-electron chi connectivity index (χ3n) is 3.05. The van der Waals surface area contributed by atoms with E-state index in [-0.39, 0.29) is 18.0 Å². The van der Waals surface area contributed by atoms with Gasteiger partial charge >= 0.3 is 12.1 Å². The minimum Gasteiger partial charge on any atom is -0.466 e. The fourth-order valence-electron chi connectivity index (χ4n) is 2.03. The monoisotopic (exact) mass is 303 g/mol. The standard InChI is InChI=1S/C15H20F3NO2/c1-3-21-14(20)9-6-10-19-11(2)12-7-4-5-8-13(12)15(16,17)18/h4-5,7-8,11,19H,3,6,9-10H2,1-2H3. The summed E-state index contributed by atoms with van der Waals surface area (Å²) in [6, 6.07) is 5.06. The van der Waals surface area contributed by atoms with Gasteiger partial charge in [0.2, 0.25) is 0 Å². The number of carbonyl (C=O) groups excluding carboxylic acids is 1. The second-order valence-electron chi connectivity index (χ2n) is 4.67. The second-order valence-corrected chi connectivity index (χ2v) is 4.67. The van der Waals surface area contributed by atoms with Gasteiger partial charge in [0.15, 0.2) is 0 Å². The summed E-state index contributed by atoms with van der Waals surface area (Å²) in [5.41, 5.74) is -0.420. The van der Waals surface area contributed by atoms with Crippen LogP contribution in [0.4, 0.5) is 13.2 Å². The zero-order valence-electron chi connectivity index (χ0n) is 12.2. The van der Waals surface area contributed by atoms with Crippen molar-refractivity contribution in [2.24, 2.45) is 0 Å². The first-order valence-corrected chi connectivity index (χ1v) is 6.91. The molecule has 1 atom stereocenters. The summed E-state index contributed by atoms with van der Waals surface area (Å²) in [4.78, 5) is 11.1. The van der Waals surface area contributed by atoms with E-state index in [2.05, 4.69) is 5.32 Å². The summed E-state index contributed by atoms with van der Waals surface area (Å²) in [6.45, 7) is 4.19. The lowest BCUT2D eigenvalue weighted by Crippen LogP contribution is -2.23. The molecule has 0 saturated carbocycles. The first kappa shape index (κ1) is 17.5. The second kappa shape index (κ2) is 8.02. The highest BCUT2D eigenvalue weighted by Crippen LogP contribution is 2.34. The van der Waals surface area contributed by atoms with E-state index in [4.69, 9.17) is 4.74 Å². The number of alkyl halides is 3. The van der Waals surface area contributed by atoms with Gasteiger partial charge in [-0.1, -0.05) is 18.2 Å². The Kier molecular flexibility index (Phi) is 6.68. The molecule has 0 aliphatic rings. The number of hydrogen-bond acceptors (Lipinski definition) is 3. The van der Waals surface area contributed by atoms with Gasteiger partial charge in [0.05, 0.1) is 12.2 Å². The van der Waals surface area contributed by atoms with Crippen LogP contribution in [-0.4, -0.2) is 19.1 Å². The van der Waals surface area contributed by atoms with Crippen molar-refractivity contribution in [1.82, 2.24) is 5.32 Å². The summed E-state index contributed by atoms with van der Waals surface area (Å²) in [5.74, 6) is -0.289. The van der Waals surface area contributed by atoms with Crippen molar-refractivity contribution >= 4 is 5.97 Å². The van der Waals surface area contributed by atoms with Gasteiger partial charge in [-0.2, -0.15) is 13.2 Å². The molecule has 1 aromatic carbocycles. The van der Waals surface area contributed by atoms with Crippen LogP contribution in [0.2, 0.25) is 0 Å². The van der Waals surface area contributed by atoms with Gasteiger partial charge in [-0.25, -0.2) is 0 Å². The molecule has 0 aromatic heterocycles. The van der Waals surface area contributed by atoms with Gasteiger partial charge in [0.25, 0.3) is 0 Å². The SMILES string of the molecule is CCOC(=O)CCCNC(C)c1ccccc1C(F)(F)F. The molecule has 0 aliphatic heterocycles.